The van der Waals surface area contributed by atoms with E-state index in [1.165, 1.54) is 19.3 Å². The molecule has 0 saturated heterocycles. The zero-order valence-electron chi connectivity index (χ0n) is 9.28. The van der Waals surface area contributed by atoms with Gasteiger partial charge in [-0.2, -0.15) is 0 Å². The van der Waals surface area contributed by atoms with Crippen molar-refractivity contribution in [2.24, 2.45) is 11.7 Å². The minimum absolute atomic E-state index is 0.349. The van der Waals surface area contributed by atoms with Gasteiger partial charge in [-0.15, -0.1) is 0 Å². The van der Waals surface area contributed by atoms with E-state index in [9.17, 15) is 0 Å². The normalized spacial score (nSPS) is 30.7. The molecule has 2 N–H and O–H groups in total. The number of ether oxygens (including phenoxy) is 1. The lowest BCUT2D eigenvalue weighted by Crippen LogP contribution is -2.30. The lowest BCUT2D eigenvalue weighted by Gasteiger charge is -2.25. The molecule has 2 rings (SSSR count). The first-order valence-electron chi connectivity index (χ1n) is 5.66. The molecule has 1 fully saturated rings. The van der Waals surface area contributed by atoms with Crippen LogP contribution in [0.15, 0.2) is 36.1 Å². The van der Waals surface area contributed by atoms with Gasteiger partial charge in [0, 0.05) is 0 Å². The standard InChI is InChI=1S/C13H19NO/c1-13(14)8-3-6-12(7-9-13)15-10-11-4-2-5-11/h3,6-9,11H,2,4-5,10,14H2,1H3. The Hall–Kier alpha value is -1.02. The molecule has 1 atom stereocenters. The summed E-state index contributed by atoms with van der Waals surface area (Å²) in [5.74, 6) is 1.70. The van der Waals surface area contributed by atoms with Gasteiger partial charge in [0.25, 0.3) is 0 Å². The molecule has 0 amide bonds. The quantitative estimate of drug-likeness (QED) is 0.768. The Morgan fingerprint density at radius 2 is 2.27 bits per heavy atom. The van der Waals surface area contributed by atoms with Crippen LogP contribution < -0.4 is 5.73 Å². The minimum Gasteiger partial charge on any atom is -0.493 e. The summed E-state index contributed by atoms with van der Waals surface area (Å²) in [5.41, 5.74) is 5.62. The van der Waals surface area contributed by atoms with E-state index in [-0.39, 0.29) is 5.54 Å². The SMILES string of the molecule is CC1(N)C=CC=C(OCC2CCC2)C=C1. The second-order valence-corrected chi connectivity index (χ2v) is 4.74. The van der Waals surface area contributed by atoms with Crippen molar-refractivity contribution in [2.45, 2.75) is 31.7 Å². The third-order valence-corrected chi connectivity index (χ3v) is 3.03. The van der Waals surface area contributed by atoms with Gasteiger partial charge in [0.1, 0.15) is 5.76 Å². The van der Waals surface area contributed by atoms with Crippen LogP contribution in [-0.2, 0) is 4.74 Å². The van der Waals surface area contributed by atoms with Crippen molar-refractivity contribution in [3.05, 3.63) is 36.1 Å². The molecule has 2 aliphatic rings. The molecule has 0 aromatic heterocycles. The number of hydrogen-bond acceptors (Lipinski definition) is 2. The fourth-order valence-electron chi connectivity index (χ4n) is 1.69. The molecule has 1 saturated carbocycles. The van der Waals surface area contributed by atoms with Crippen molar-refractivity contribution in [2.75, 3.05) is 6.61 Å². The Morgan fingerprint density at radius 3 is 2.93 bits per heavy atom. The van der Waals surface area contributed by atoms with Crippen molar-refractivity contribution in [1.82, 2.24) is 0 Å². The molecule has 0 spiro atoms. The largest absolute Gasteiger partial charge is 0.493 e. The molecule has 0 aromatic carbocycles. The lowest BCUT2D eigenvalue weighted by molar-refractivity contribution is 0.128. The third kappa shape index (κ3) is 2.96. The highest BCUT2D eigenvalue weighted by Gasteiger charge is 2.18. The van der Waals surface area contributed by atoms with Gasteiger partial charge in [-0.05, 0) is 37.8 Å². The maximum Gasteiger partial charge on any atom is 0.119 e. The van der Waals surface area contributed by atoms with Crippen LogP contribution in [0.25, 0.3) is 0 Å². The number of rotatable bonds is 3. The summed E-state index contributed by atoms with van der Waals surface area (Å²) >= 11 is 0. The summed E-state index contributed by atoms with van der Waals surface area (Å²) < 4.78 is 5.73. The molecule has 1 unspecified atom stereocenters. The molecule has 0 radical (unpaired) electrons. The molecule has 0 aromatic rings. The topological polar surface area (TPSA) is 35.2 Å². The molecular weight excluding hydrogens is 186 g/mol. The van der Waals surface area contributed by atoms with E-state index in [0.29, 0.717) is 0 Å². The van der Waals surface area contributed by atoms with Crippen molar-refractivity contribution in [3.8, 4) is 0 Å². The summed E-state index contributed by atoms with van der Waals surface area (Å²) in [7, 11) is 0. The van der Waals surface area contributed by atoms with Gasteiger partial charge in [-0.1, -0.05) is 24.6 Å². The van der Waals surface area contributed by atoms with E-state index in [2.05, 4.69) is 0 Å². The van der Waals surface area contributed by atoms with Crippen LogP contribution in [-0.4, -0.2) is 12.1 Å². The lowest BCUT2D eigenvalue weighted by atomic mass is 9.86. The van der Waals surface area contributed by atoms with Crippen molar-refractivity contribution in [1.29, 1.82) is 0 Å². The molecule has 2 aliphatic carbocycles. The molecular formula is C13H19NO. The van der Waals surface area contributed by atoms with E-state index in [1.807, 2.05) is 37.3 Å². The van der Waals surface area contributed by atoms with Crippen LogP contribution in [0.2, 0.25) is 0 Å². The number of hydrogen-bond donors (Lipinski definition) is 1. The van der Waals surface area contributed by atoms with Gasteiger partial charge >= 0.3 is 0 Å². The Bertz CT molecular complexity index is 308. The maximum atomic E-state index is 5.97. The smallest absolute Gasteiger partial charge is 0.119 e. The Labute approximate surface area is 91.5 Å². The first-order valence-corrected chi connectivity index (χ1v) is 5.66. The van der Waals surface area contributed by atoms with E-state index in [1.54, 1.807) is 0 Å². The van der Waals surface area contributed by atoms with Crippen LogP contribution in [0.1, 0.15) is 26.2 Å². The van der Waals surface area contributed by atoms with Gasteiger partial charge in [-0.25, -0.2) is 0 Å². The van der Waals surface area contributed by atoms with Crippen LogP contribution in [0.3, 0.4) is 0 Å². The fraction of sp³-hybridized carbons (Fsp3) is 0.538. The highest BCUT2D eigenvalue weighted by molar-refractivity contribution is 5.30. The first-order chi connectivity index (χ1) is 7.16. The molecule has 2 nitrogen and oxygen atoms in total. The molecule has 15 heavy (non-hydrogen) atoms. The number of nitrogens with two attached hydrogens (primary N) is 1. The summed E-state index contributed by atoms with van der Waals surface area (Å²) in [6, 6.07) is 0. The molecule has 0 aliphatic heterocycles. The monoisotopic (exact) mass is 205 g/mol. The van der Waals surface area contributed by atoms with E-state index in [4.69, 9.17) is 10.5 Å². The molecule has 82 valence electrons. The van der Waals surface area contributed by atoms with Crippen LogP contribution in [0, 0.1) is 5.92 Å². The highest BCUT2D eigenvalue weighted by Crippen LogP contribution is 2.27. The summed E-state index contributed by atoms with van der Waals surface area (Å²) in [6.45, 7) is 2.83. The van der Waals surface area contributed by atoms with Gasteiger partial charge in [0.05, 0.1) is 12.1 Å². The first kappa shape index (κ1) is 10.5. The van der Waals surface area contributed by atoms with Crippen LogP contribution in [0.5, 0.6) is 0 Å². The van der Waals surface area contributed by atoms with Gasteiger partial charge < -0.3 is 10.5 Å². The van der Waals surface area contributed by atoms with Gasteiger partial charge in [-0.3, -0.25) is 0 Å². The van der Waals surface area contributed by atoms with Gasteiger partial charge in [0.2, 0.25) is 0 Å². The second-order valence-electron chi connectivity index (χ2n) is 4.74. The summed E-state index contributed by atoms with van der Waals surface area (Å²) in [5, 5.41) is 0. The zero-order valence-corrected chi connectivity index (χ0v) is 9.28. The van der Waals surface area contributed by atoms with Crippen LogP contribution >= 0.6 is 0 Å². The molecule has 0 bridgehead atoms. The van der Waals surface area contributed by atoms with E-state index >= 15 is 0 Å². The Kier molecular flexibility index (Phi) is 2.96. The minimum atomic E-state index is -0.349. The second kappa shape index (κ2) is 4.23. The average molecular weight is 205 g/mol. The molecule has 0 heterocycles. The van der Waals surface area contributed by atoms with E-state index in [0.717, 1.165) is 18.3 Å². The van der Waals surface area contributed by atoms with Crippen molar-refractivity contribution >= 4 is 0 Å². The van der Waals surface area contributed by atoms with Gasteiger partial charge in [0.15, 0.2) is 0 Å². The average Bonchev–Trinajstić information content (AvgIpc) is 2.25. The fourth-order valence-corrected chi connectivity index (χ4v) is 1.69. The molecule has 2 heteroatoms. The zero-order chi connectivity index (χ0) is 10.7. The maximum absolute atomic E-state index is 5.97. The Morgan fingerprint density at radius 1 is 1.47 bits per heavy atom. The third-order valence-electron chi connectivity index (χ3n) is 3.03. The summed E-state index contributed by atoms with van der Waals surface area (Å²) in [4.78, 5) is 0. The van der Waals surface area contributed by atoms with Crippen LogP contribution in [0.4, 0.5) is 0 Å². The predicted octanol–water partition coefficient (Wildman–Crippen LogP) is 2.53. The highest BCUT2D eigenvalue weighted by atomic mass is 16.5. The number of allylic oxidation sites excluding steroid dienone is 3. The van der Waals surface area contributed by atoms with Crippen molar-refractivity contribution in [3.63, 3.8) is 0 Å². The summed E-state index contributed by atoms with van der Waals surface area (Å²) in [6.07, 6.45) is 13.9. The van der Waals surface area contributed by atoms with E-state index < -0.39 is 0 Å². The van der Waals surface area contributed by atoms with Crippen molar-refractivity contribution < 1.29 is 4.74 Å². The predicted molar refractivity (Wildman–Crippen MR) is 62.2 cm³/mol. The Balaban J connectivity index is 1.87.